The zero-order valence-electron chi connectivity index (χ0n) is 15.4. The van der Waals surface area contributed by atoms with E-state index in [1.165, 1.54) is 49.2 Å². The fraction of sp³-hybridized carbons (Fsp3) is 0.0476. The normalized spacial score (nSPS) is 11.4. The number of carbonyl (C=O) groups excluding carboxylic acids is 1. The maximum atomic E-state index is 13.0. The van der Waals surface area contributed by atoms with E-state index in [1.54, 1.807) is 24.4 Å². The average Bonchev–Trinajstić information content (AvgIpc) is 3.30. The van der Waals surface area contributed by atoms with Gasteiger partial charge in [0.05, 0.1) is 16.8 Å². The highest BCUT2D eigenvalue weighted by molar-refractivity contribution is 7.90. The predicted molar refractivity (Wildman–Crippen MR) is 110 cm³/mol. The molecule has 2 heterocycles. The summed E-state index contributed by atoms with van der Waals surface area (Å²) in [6.45, 7) is 0. The SMILES string of the molecule is O=C(c1ccncn1)c1cc(Cl)ccc1CS(=O)(=O)c1ccc(-c2cnco2)cc1. The zero-order chi connectivity index (χ0) is 21.1. The van der Waals surface area contributed by atoms with Gasteiger partial charge in [0.25, 0.3) is 0 Å². The molecule has 0 unspecified atom stereocenters. The minimum atomic E-state index is -3.72. The van der Waals surface area contributed by atoms with Crippen molar-refractivity contribution in [1.29, 1.82) is 0 Å². The summed E-state index contributed by atoms with van der Waals surface area (Å²) in [6.07, 6.45) is 5.54. The van der Waals surface area contributed by atoms with E-state index in [-0.39, 0.29) is 21.9 Å². The zero-order valence-corrected chi connectivity index (χ0v) is 17.0. The van der Waals surface area contributed by atoms with E-state index in [0.717, 1.165) is 0 Å². The van der Waals surface area contributed by atoms with E-state index in [2.05, 4.69) is 15.0 Å². The number of hydrogen-bond donors (Lipinski definition) is 0. The Bertz CT molecular complexity index is 1290. The van der Waals surface area contributed by atoms with Gasteiger partial charge in [0, 0.05) is 22.3 Å². The molecule has 4 rings (SSSR count). The quantitative estimate of drug-likeness (QED) is 0.418. The number of hydrogen-bond acceptors (Lipinski definition) is 7. The summed E-state index contributed by atoms with van der Waals surface area (Å²) in [7, 11) is -3.72. The third kappa shape index (κ3) is 4.14. The monoisotopic (exact) mass is 439 g/mol. The number of carbonyl (C=O) groups is 1. The van der Waals surface area contributed by atoms with Crippen molar-refractivity contribution in [3.05, 3.63) is 95.5 Å². The summed E-state index contributed by atoms with van der Waals surface area (Å²) in [6, 6.07) is 12.3. The standard InChI is InChI=1S/C21H14ClN3O4S/c22-16-4-1-15(18(9-16)21(26)19-7-8-23-12-25-19)11-30(27,28)17-5-2-14(3-6-17)20-10-24-13-29-20/h1-10,12-13H,11H2. The van der Waals surface area contributed by atoms with Crippen LogP contribution in [0.4, 0.5) is 0 Å². The Balaban J connectivity index is 1.66. The van der Waals surface area contributed by atoms with Gasteiger partial charge < -0.3 is 4.42 Å². The van der Waals surface area contributed by atoms with Crippen molar-refractivity contribution in [2.24, 2.45) is 0 Å². The Morgan fingerprint density at radius 1 is 1.03 bits per heavy atom. The van der Waals surface area contributed by atoms with E-state index in [0.29, 0.717) is 21.9 Å². The summed E-state index contributed by atoms with van der Waals surface area (Å²) in [4.78, 5) is 24.6. The molecule has 0 aliphatic rings. The van der Waals surface area contributed by atoms with Crippen LogP contribution in [-0.4, -0.2) is 29.2 Å². The second-order valence-corrected chi connectivity index (χ2v) is 8.80. The number of aromatic nitrogens is 3. The maximum Gasteiger partial charge on any atom is 0.211 e. The molecule has 150 valence electrons. The van der Waals surface area contributed by atoms with Crippen molar-refractivity contribution in [3.63, 3.8) is 0 Å². The first kappa shape index (κ1) is 19.9. The molecular weight excluding hydrogens is 426 g/mol. The molecule has 0 N–H and O–H groups in total. The second-order valence-electron chi connectivity index (χ2n) is 6.37. The minimum Gasteiger partial charge on any atom is -0.444 e. The van der Waals surface area contributed by atoms with Crippen molar-refractivity contribution in [3.8, 4) is 11.3 Å². The van der Waals surface area contributed by atoms with Crippen molar-refractivity contribution in [2.45, 2.75) is 10.6 Å². The van der Waals surface area contributed by atoms with Gasteiger partial charge in [-0.25, -0.2) is 23.4 Å². The van der Waals surface area contributed by atoms with Gasteiger partial charge in [0.1, 0.15) is 12.0 Å². The molecule has 0 atom stereocenters. The summed E-state index contributed by atoms with van der Waals surface area (Å²) in [5.74, 6) is -0.252. The van der Waals surface area contributed by atoms with Gasteiger partial charge >= 0.3 is 0 Å². The minimum absolute atomic E-state index is 0.126. The first-order valence-electron chi connectivity index (χ1n) is 8.75. The van der Waals surface area contributed by atoms with E-state index in [9.17, 15) is 13.2 Å². The molecule has 30 heavy (non-hydrogen) atoms. The number of sulfone groups is 1. The van der Waals surface area contributed by atoms with Crippen LogP contribution < -0.4 is 0 Å². The van der Waals surface area contributed by atoms with Gasteiger partial charge in [-0.2, -0.15) is 0 Å². The largest absolute Gasteiger partial charge is 0.444 e. The van der Waals surface area contributed by atoms with Gasteiger partial charge in [0.2, 0.25) is 5.78 Å². The van der Waals surface area contributed by atoms with Gasteiger partial charge in [-0.15, -0.1) is 0 Å². The first-order chi connectivity index (χ1) is 14.4. The van der Waals surface area contributed by atoms with E-state index in [1.807, 2.05) is 0 Å². The molecule has 0 saturated carbocycles. The smallest absolute Gasteiger partial charge is 0.211 e. The molecule has 9 heteroatoms. The van der Waals surface area contributed by atoms with Crippen molar-refractivity contribution >= 4 is 27.2 Å². The van der Waals surface area contributed by atoms with Crippen LogP contribution >= 0.6 is 11.6 Å². The summed E-state index contributed by atoms with van der Waals surface area (Å²) in [5, 5.41) is 0.324. The Morgan fingerprint density at radius 3 is 2.50 bits per heavy atom. The lowest BCUT2D eigenvalue weighted by Gasteiger charge is -2.10. The molecule has 0 aliphatic heterocycles. The Labute approximate surface area is 177 Å². The summed E-state index contributed by atoms with van der Waals surface area (Å²) in [5.41, 5.74) is 1.38. The summed E-state index contributed by atoms with van der Waals surface area (Å²) < 4.78 is 31.2. The van der Waals surface area contributed by atoms with Gasteiger partial charge in [-0.3, -0.25) is 4.79 Å². The molecule has 0 radical (unpaired) electrons. The number of oxazole rings is 1. The lowest BCUT2D eigenvalue weighted by molar-refractivity contribution is 0.103. The van der Waals surface area contributed by atoms with Gasteiger partial charge in [-0.1, -0.05) is 17.7 Å². The number of ketones is 1. The molecular formula is C21H14ClN3O4S. The lowest BCUT2D eigenvalue weighted by Crippen LogP contribution is -2.12. The third-order valence-electron chi connectivity index (χ3n) is 4.41. The second kappa shape index (κ2) is 8.17. The predicted octanol–water partition coefficient (Wildman–Crippen LogP) is 3.99. The van der Waals surface area contributed by atoms with Crippen LogP contribution in [0, 0.1) is 0 Å². The molecule has 0 amide bonds. The van der Waals surface area contributed by atoms with Crippen LogP contribution in [0.1, 0.15) is 21.6 Å². The highest BCUT2D eigenvalue weighted by atomic mass is 35.5. The number of halogens is 1. The van der Waals surface area contributed by atoms with E-state index < -0.39 is 15.6 Å². The van der Waals surface area contributed by atoms with Crippen molar-refractivity contribution in [1.82, 2.24) is 15.0 Å². The van der Waals surface area contributed by atoms with Gasteiger partial charge in [0.15, 0.2) is 22.0 Å². The molecule has 4 aromatic rings. The first-order valence-corrected chi connectivity index (χ1v) is 10.8. The van der Waals surface area contributed by atoms with Crippen molar-refractivity contribution < 1.29 is 17.6 Å². The van der Waals surface area contributed by atoms with Crippen LogP contribution in [-0.2, 0) is 15.6 Å². The number of rotatable bonds is 6. The average molecular weight is 440 g/mol. The van der Waals surface area contributed by atoms with Crippen LogP contribution in [0.2, 0.25) is 5.02 Å². The topological polar surface area (TPSA) is 103 Å². The molecule has 0 spiro atoms. The summed E-state index contributed by atoms with van der Waals surface area (Å²) >= 11 is 6.05. The highest BCUT2D eigenvalue weighted by Gasteiger charge is 2.22. The van der Waals surface area contributed by atoms with E-state index in [4.69, 9.17) is 16.0 Å². The molecule has 0 saturated heterocycles. The molecule has 0 aliphatic carbocycles. The lowest BCUT2D eigenvalue weighted by atomic mass is 10.0. The number of nitrogens with zero attached hydrogens (tertiary/aromatic N) is 3. The molecule has 0 bridgehead atoms. The molecule has 0 fully saturated rings. The van der Waals surface area contributed by atoms with Crippen LogP contribution in [0.15, 0.2) is 83.0 Å². The fourth-order valence-corrected chi connectivity index (χ4v) is 4.47. The Kier molecular flexibility index (Phi) is 5.43. The van der Waals surface area contributed by atoms with Gasteiger partial charge in [-0.05, 0) is 48.0 Å². The highest BCUT2D eigenvalue weighted by Crippen LogP contribution is 2.26. The molecule has 2 aromatic heterocycles. The van der Waals surface area contributed by atoms with Crippen LogP contribution in [0.25, 0.3) is 11.3 Å². The molecule has 2 aromatic carbocycles. The van der Waals surface area contributed by atoms with Crippen LogP contribution in [0.3, 0.4) is 0 Å². The Morgan fingerprint density at radius 2 is 1.83 bits per heavy atom. The third-order valence-corrected chi connectivity index (χ3v) is 6.32. The van der Waals surface area contributed by atoms with Crippen LogP contribution in [0.5, 0.6) is 0 Å². The number of benzene rings is 2. The Hall–Kier alpha value is -3.36. The van der Waals surface area contributed by atoms with Crippen molar-refractivity contribution in [2.75, 3.05) is 0 Å². The fourth-order valence-electron chi connectivity index (χ4n) is 2.92. The molecule has 7 nitrogen and oxygen atoms in total. The van der Waals surface area contributed by atoms with E-state index >= 15 is 0 Å². The maximum absolute atomic E-state index is 13.0.